The third kappa shape index (κ3) is 1.94. The van der Waals surface area contributed by atoms with Crippen LogP contribution in [0.2, 0.25) is 0 Å². The lowest BCUT2D eigenvalue weighted by atomic mass is 10.3. The molecule has 2 nitrogen and oxygen atoms in total. The molecule has 0 aromatic heterocycles. The van der Waals surface area contributed by atoms with Gasteiger partial charge in [0.05, 0.1) is 0 Å². The van der Waals surface area contributed by atoms with Crippen LogP contribution in [0.25, 0.3) is 0 Å². The lowest BCUT2D eigenvalue weighted by Crippen LogP contribution is -2.29. The van der Waals surface area contributed by atoms with Gasteiger partial charge in [0.1, 0.15) is 0 Å². The molecule has 11 heavy (non-hydrogen) atoms. The summed E-state index contributed by atoms with van der Waals surface area (Å²) in [5.41, 5.74) is 7.09. The van der Waals surface area contributed by atoms with Crippen LogP contribution < -0.4 is 5.73 Å². The Morgan fingerprint density at radius 3 is 2.00 bits per heavy atom. The maximum atomic E-state index is 7.09. The smallest absolute Gasteiger partial charge is 0.0112 e. The van der Waals surface area contributed by atoms with E-state index in [4.69, 9.17) is 5.73 Å². The summed E-state index contributed by atoms with van der Waals surface area (Å²) in [6.07, 6.45) is 6.78. The molecule has 1 N–H and O–H groups in total. The monoisotopic (exact) mass is 153 g/mol. The zero-order valence-corrected chi connectivity index (χ0v) is 7.05. The first-order valence-electron chi connectivity index (χ1n) is 4.82. The molecule has 0 aromatic carbocycles. The summed E-state index contributed by atoms with van der Waals surface area (Å²) in [7, 11) is 0. The quantitative estimate of drug-likeness (QED) is 0.584. The summed E-state index contributed by atoms with van der Waals surface area (Å²) in [5, 5.41) is 0. The topological polar surface area (TPSA) is 27.0 Å². The molecule has 0 atom stereocenters. The van der Waals surface area contributed by atoms with Crippen molar-refractivity contribution in [1.82, 2.24) is 10.6 Å². The standard InChI is InChI=1S/C9H17N2/c10-6-1-7-11(8-2-3-8)9-4-5-9/h8-10H,1-7H2. The number of nitrogens with one attached hydrogen (secondary N) is 1. The first-order chi connectivity index (χ1) is 5.42. The van der Waals surface area contributed by atoms with Crippen LogP contribution in [0.3, 0.4) is 0 Å². The van der Waals surface area contributed by atoms with Crippen molar-refractivity contribution in [2.24, 2.45) is 0 Å². The second-order valence-electron chi connectivity index (χ2n) is 3.80. The minimum atomic E-state index is 0.607. The van der Waals surface area contributed by atoms with Crippen LogP contribution >= 0.6 is 0 Å². The zero-order valence-electron chi connectivity index (χ0n) is 7.05. The molecule has 0 aromatic rings. The van der Waals surface area contributed by atoms with Crippen molar-refractivity contribution in [2.75, 3.05) is 13.1 Å². The molecule has 2 fully saturated rings. The third-order valence-electron chi connectivity index (χ3n) is 2.62. The average molecular weight is 153 g/mol. The average Bonchev–Trinajstić information content (AvgIpc) is 2.85. The van der Waals surface area contributed by atoms with Crippen molar-refractivity contribution in [3.63, 3.8) is 0 Å². The minimum absolute atomic E-state index is 0.607. The van der Waals surface area contributed by atoms with E-state index >= 15 is 0 Å². The van der Waals surface area contributed by atoms with Gasteiger partial charge in [-0.2, -0.15) is 0 Å². The van der Waals surface area contributed by atoms with E-state index in [2.05, 4.69) is 4.90 Å². The van der Waals surface area contributed by atoms with Gasteiger partial charge >= 0.3 is 0 Å². The highest BCUT2D eigenvalue weighted by molar-refractivity contribution is 4.94. The molecule has 0 unspecified atom stereocenters. The Morgan fingerprint density at radius 2 is 1.64 bits per heavy atom. The SMILES string of the molecule is [NH]CCCN(C1CC1)C1CC1. The number of rotatable bonds is 5. The maximum Gasteiger partial charge on any atom is 0.0112 e. The van der Waals surface area contributed by atoms with Crippen LogP contribution in [-0.4, -0.2) is 30.1 Å². The van der Waals surface area contributed by atoms with Gasteiger partial charge in [-0.15, -0.1) is 0 Å². The first kappa shape index (κ1) is 7.56. The molecule has 0 bridgehead atoms. The van der Waals surface area contributed by atoms with Gasteiger partial charge in [-0.3, -0.25) is 10.6 Å². The molecular formula is C9H17N2. The Labute approximate surface area is 68.7 Å². The van der Waals surface area contributed by atoms with Crippen LogP contribution in [-0.2, 0) is 0 Å². The normalized spacial score (nSPS) is 24.5. The summed E-state index contributed by atoms with van der Waals surface area (Å²) in [4.78, 5) is 2.65. The molecule has 2 aliphatic carbocycles. The van der Waals surface area contributed by atoms with E-state index in [1.54, 1.807) is 0 Å². The summed E-state index contributed by atoms with van der Waals surface area (Å²) in [6, 6.07) is 1.85. The van der Waals surface area contributed by atoms with Crippen molar-refractivity contribution in [3.05, 3.63) is 0 Å². The summed E-state index contributed by atoms with van der Waals surface area (Å²) < 4.78 is 0. The Balaban J connectivity index is 1.73. The lowest BCUT2D eigenvalue weighted by Gasteiger charge is -2.20. The van der Waals surface area contributed by atoms with Crippen LogP contribution in [0, 0.1) is 0 Å². The summed E-state index contributed by atoms with van der Waals surface area (Å²) >= 11 is 0. The number of nitrogens with zero attached hydrogens (tertiary/aromatic N) is 1. The van der Waals surface area contributed by atoms with E-state index in [9.17, 15) is 0 Å². The molecule has 2 heteroatoms. The molecule has 63 valence electrons. The molecule has 2 saturated carbocycles. The van der Waals surface area contributed by atoms with Crippen LogP contribution in [0.5, 0.6) is 0 Å². The van der Waals surface area contributed by atoms with Crippen LogP contribution in [0.15, 0.2) is 0 Å². The molecule has 0 amide bonds. The number of hydrogen-bond donors (Lipinski definition) is 0. The maximum absolute atomic E-state index is 7.09. The van der Waals surface area contributed by atoms with Gasteiger partial charge in [0.2, 0.25) is 0 Å². The van der Waals surface area contributed by atoms with E-state index in [-0.39, 0.29) is 0 Å². The first-order valence-corrected chi connectivity index (χ1v) is 4.82. The molecular weight excluding hydrogens is 136 g/mol. The molecule has 0 spiro atoms. The van der Waals surface area contributed by atoms with Gasteiger partial charge in [0.25, 0.3) is 0 Å². The highest BCUT2D eigenvalue weighted by Gasteiger charge is 2.38. The molecule has 1 radical (unpaired) electrons. The Bertz CT molecular complexity index is 116. The van der Waals surface area contributed by atoms with Crippen LogP contribution in [0.4, 0.5) is 0 Å². The van der Waals surface area contributed by atoms with Gasteiger partial charge in [0, 0.05) is 18.6 Å². The fourth-order valence-electron chi connectivity index (χ4n) is 1.74. The lowest BCUT2D eigenvalue weighted by molar-refractivity contribution is 0.251. The predicted molar refractivity (Wildman–Crippen MR) is 45.3 cm³/mol. The second kappa shape index (κ2) is 3.11. The molecule has 0 saturated heterocycles. The van der Waals surface area contributed by atoms with Crippen molar-refractivity contribution in [3.8, 4) is 0 Å². The highest BCUT2D eigenvalue weighted by atomic mass is 15.2. The largest absolute Gasteiger partial charge is 0.297 e. The van der Waals surface area contributed by atoms with E-state index < -0.39 is 0 Å². The summed E-state index contributed by atoms with van der Waals surface area (Å²) in [6.45, 7) is 1.80. The van der Waals surface area contributed by atoms with Gasteiger partial charge in [-0.1, -0.05) is 0 Å². The van der Waals surface area contributed by atoms with Gasteiger partial charge < -0.3 is 0 Å². The molecule has 2 aliphatic rings. The minimum Gasteiger partial charge on any atom is -0.297 e. The number of hydrogen-bond acceptors (Lipinski definition) is 1. The van der Waals surface area contributed by atoms with E-state index in [1.165, 1.54) is 32.2 Å². The Kier molecular flexibility index (Phi) is 2.14. The van der Waals surface area contributed by atoms with Crippen LogP contribution in [0.1, 0.15) is 32.1 Å². The van der Waals surface area contributed by atoms with E-state index in [1.807, 2.05) is 0 Å². The second-order valence-corrected chi connectivity index (χ2v) is 3.80. The van der Waals surface area contributed by atoms with Crippen molar-refractivity contribution >= 4 is 0 Å². The van der Waals surface area contributed by atoms with Crippen molar-refractivity contribution in [2.45, 2.75) is 44.2 Å². The highest BCUT2D eigenvalue weighted by Crippen LogP contribution is 2.36. The fraction of sp³-hybridized carbons (Fsp3) is 1.00. The predicted octanol–water partition coefficient (Wildman–Crippen LogP) is 1.29. The Morgan fingerprint density at radius 1 is 1.09 bits per heavy atom. The third-order valence-corrected chi connectivity index (χ3v) is 2.62. The molecule has 2 rings (SSSR count). The van der Waals surface area contributed by atoms with Gasteiger partial charge in [0.15, 0.2) is 0 Å². The van der Waals surface area contributed by atoms with Gasteiger partial charge in [-0.05, 0) is 38.6 Å². The van der Waals surface area contributed by atoms with Crippen molar-refractivity contribution in [1.29, 1.82) is 0 Å². The fourth-order valence-corrected chi connectivity index (χ4v) is 1.74. The zero-order chi connectivity index (χ0) is 7.68. The van der Waals surface area contributed by atoms with E-state index in [0.29, 0.717) is 6.54 Å². The molecule has 0 heterocycles. The molecule has 0 aliphatic heterocycles. The summed E-state index contributed by atoms with van der Waals surface area (Å²) in [5.74, 6) is 0. The van der Waals surface area contributed by atoms with E-state index in [0.717, 1.165) is 18.5 Å². The van der Waals surface area contributed by atoms with Crippen molar-refractivity contribution < 1.29 is 0 Å². The van der Waals surface area contributed by atoms with Gasteiger partial charge in [-0.25, -0.2) is 0 Å². The Hall–Kier alpha value is -0.0800.